The van der Waals surface area contributed by atoms with E-state index in [4.69, 9.17) is 9.84 Å². The molecule has 40 heavy (non-hydrogen) atoms. The van der Waals surface area contributed by atoms with E-state index in [9.17, 15) is 28.8 Å². The Bertz CT molecular complexity index is 995. The maximum absolute atomic E-state index is 13.7. The van der Waals surface area contributed by atoms with Gasteiger partial charge in [0, 0.05) is 19.5 Å². The quantitative estimate of drug-likeness (QED) is 0.162. The molecular formula is C28H44N4O8. The van der Waals surface area contributed by atoms with Crippen LogP contribution < -0.4 is 16.0 Å². The summed E-state index contributed by atoms with van der Waals surface area (Å²) in [5, 5.41) is 16.7. The van der Waals surface area contributed by atoms with Gasteiger partial charge in [-0.1, -0.05) is 47.1 Å². The molecule has 1 heterocycles. The second kappa shape index (κ2) is 14.3. The van der Waals surface area contributed by atoms with Gasteiger partial charge in [0.25, 0.3) is 5.91 Å². The molecule has 2 unspecified atom stereocenters. The highest BCUT2D eigenvalue weighted by Crippen LogP contribution is 2.64. The summed E-state index contributed by atoms with van der Waals surface area (Å²) >= 11 is 0. The van der Waals surface area contributed by atoms with Crippen LogP contribution in [0.5, 0.6) is 0 Å². The molecule has 2 fully saturated rings. The molecule has 12 nitrogen and oxygen atoms in total. The Morgan fingerprint density at radius 3 is 2.35 bits per heavy atom. The van der Waals surface area contributed by atoms with Crippen molar-refractivity contribution in [2.24, 2.45) is 23.2 Å². The van der Waals surface area contributed by atoms with E-state index in [-0.39, 0.29) is 68.5 Å². The number of rotatable bonds is 16. The Kier molecular flexibility index (Phi) is 11.7. The molecule has 4 N–H and O–H groups in total. The molecule has 0 spiro atoms. The molecule has 0 aromatic rings. The maximum atomic E-state index is 13.7. The van der Waals surface area contributed by atoms with E-state index in [1.807, 2.05) is 34.6 Å². The summed E-state index contributed by atoms with van der Waals surface area (Å²) < 4.78 is 5.17. The number of amides is 4. The van der Waals surface area contributed by atoms with Crippen LogP contribution in [-0.2, 0) is 28.7 Å². The molecule has 1 aliphatic carbocycles. The number of hydrogen-bond donors (Lipinski definition) is 4. The molecule has 0 aromatic heterocycles. The topological polar surface area (TPSA) is 171 Å². The summed E-state index contributed by atoms with van der Waals surface area (Å²) in [6.07, 6.45) is 1.40. The van der Waals surface area contributed by atoms with Crippen LogP contribution in [0.1, 0.15) is 66.7 Å². The molecule has 2 aliphatic rings. The third kappa shape index (κ3) is 8.28. The van der Waals surface area contributed by atoms with Crippen molar-refractivity contribution in [1.82, 2.24) is 20.9 Å². The van der Waals surface area contributed by atoms with Gasteiger partial charge >= 0.3 is 12.1 Å². The Balaban J connectivity index is 2.25. The van der Waals surface area contributed by atoms with E-state index >= 15 is 0 Å². The van der Waals surface area contributed by atoms with Crippen molar-refractivity contribution in [1.29, 1.82) is 0 Å². The van der Waals surface area contributed by atoms with Crippen LogP contribution in [0, 0.1) is 23.2 Å². The second-order valence-corrected chi connectivity index (χ2v) is 11.6. The fourth-order valence-electron chi connectivity index (χ4n) is 5.38. The molecule has 2 rings (SSSR count). The van der Waals surface area contributed by atoms with E-state index in [0.29, 0.717) is 6.42 Å². The van der Waals surface area contributed by atoms with Crippen molar-refractivity contribution >= 4 is 35.6 Å². The van der Waals surface area contributed by atoms with Crippen molar-refractivity contribution in [3.05, 3.63) is 12.7 Å². The number of ether oxygens (including phenoxy) is 1. The number of ketones is 1. The molecule has 5 atom stereocenters. The highest BCUT2D eigenvalue weighted by Gasteiger charge is 2.69. The third-order valence-corrected chi connectivity index (χ3v) is 7.62. The minimum atomic E-state index is -1.09. The zero-order chi connectivity index (χ0) is 30.2. The van der Waals surface area contributed by atoms with E-state index in [1.54, 1.807) is 0 Å². The number of fused-ring (bicyclic) bond motifs is 1. The van der Waals surface area contributed by atoms with E-state index in [1.165, 1.54) is 11.0 Å². The van der Waals surface area contributed by atoms with Gasteiger partial charge < -0.3 is 30.7 Å². The smallest absolute Gasteiger partial charge is 0.407 e. The summed E-state index contributed by atoms with van der Waals surface area (Å²) in [5.74, 6) is -3.75. The molecule has 224 valence electrons. The number of nitrogens with zero attached hydrogens (tertiary/aromatic N) is 1. The minimum absolute atomic E-state index is 0.0379. The lowest BCUT2D eigenvalue weighted by molar-refractivity contribution is -0.144. The molecule has 1 saturated carbocycles. The molecule has 0 radical (unpaired) electrons. The molecule has 1 saturated heterocycles. The van der Waals surface area contributed by atoms with Gasteiger partial charge in [-0.15, -0.1) is 6.58 Å². The largest absolute Gasteiger partial charge is 0.481 e. The van der Waals surface area contributed by atoms with Crippen LogP contribution in [-0.4, -0.2) is 83.4 Å². The Morgan fingerprint density at radius 1 is 1.10 bits per heavy atom. The minimum Gasteiger partial charge on any atom is -0.481 e. The summed E-state index contributed by atoms with van der Waals surface area (Å²) in [6.45, 7) is 13.6. The lowest BCUT2D eigenvalue weighted by Gasteiger charge is -2.33. The Hall–Kier alpha value is -3.44. The summed E-state index contributed by atoms with van der Waals surface area (Å²) in [7, 11) is 0. The first-order valence-corrected chi connectivity index (χ1v) is 13.9. The van der Waals surface area contributed by atoms with Gasteiger partial charge in [0.2, 0.25) is 17.6 Å². The van der Waals surface area contributed by atoms with Crippen LogP contribution in [0.3, 0.4) is 0 Å². The van der Waals surface area contributed by atoms with Crippen LogP contribution in [0.2, 0.25) is 0 Å². The van der Waals surface area contributed by atoms with Gasteiger partial charge in [-0.25, -0.2) is 4.79 Å². The molecule has 0 bridgehead atoms. The number of aliphatic carboxylic acids is 1. The standard InChI is InChI=1S/C28H44N4O8/c1-7-10-18(23(35)25(37)29-13-8-2)30-24(36)22-21-17(28(21,5)6)14-32(22)26(38)19(11-9-12-20(33)34)31-27(39)40-15-16(3)4/h8,16-19,21-22H,2,7,9-15H2,1,3-6H3,(H,29,37)(H,30,36)(H,31,39)(H,33,34)/t17-,18?,19?,21-,22-/m0/s1. The third-order valence-electron chi connectivity index (χ3n) is 7.62. The zero-order valence-corrected chi connectivity index (χ0v) is 24.2. The number of piperidine rings is 1. The van der Waals surface area contributed by atoms with Crippen LogP contribution in [0.25, 0.3) is 0 Å². The van der Waals surface area contributed by atoms with Gasteiger partial charge in [-0.2, -0.15) is 0 Å². The number of carboxylic acid groups (broad SMARTS) is 1. The lowest BCUT2D eigenvalue weighted by Crippen LogP contribution is -2.58. The van der Waals surface area contributed by atoms with Gasteiger partial charge in [0.1, 0.15) is 12.1 Å². The first kappa shape index (κ1) is 32.8. The average Bonchev–Trinajstić information content (AvgIpc) is 3.21. The van der Waals surface area contributed by atoms with E-state index in [0.717, 1.165) is 0 Å². The zero-order valence-electron chi connectivity index (χ0n) is 24.2. The first-order valence-electron chi connectivity index (χ1n) is 13.9. The van der Waals surface area contributed by atoms with Gasteiger partial charge in [-0.05, 0) is 42.4 Å². The number of Topliss-reactive ketones (excluding diaryl/α,β-unsaturated/α-hetero) is 1. The normalized spacial score (nSPS) is 21.9. The molecular weight excluding hydrogens is 520 g/mol. The van der Waals surface area contributed by atoms with Crippen molar-refractivity contribution in [2.75, 3.05) is 19.7 Å². The molecule has 12 heteroatoms. The fourth-order valence-corrected chi connectivity index (χ4v) is 5.38. The number of carbonyl (C=O) groups is 6. The monoisotopic (exact) mass is 564 g/mol. The number of carboxylic acids is 1. The highest BCUT2D eigenvalue weighted by atomic mass is 16.5. The lowest BCUT2D eigenvalue weighted by atomic mass is 9.98. The number of nitrogens with one attached hydrogen (secondary N) is 3. The molecule has 0 aromatic carbocycles. The van der Waals surface area contributed by atoms with Gasteiger partial charge in [0.15, 0.2) is 0 Å². The van der Waals surface area contributed by atoms with Crippen LogP contribution >= 0.6 is 0 Å². The SMILES string of the molecule is C=CCNC(=O)C(=O)C(CCC)NC(=O)[C@@H]1[C@@H]2[C@H](CN1C(=O)C(CCCC(=O)O)NC(=O)OCC(C)C)C2(C)C. The summed E-state index contributed by atoms with van der Waals surface area (Å²) in [4.78, 5) is 77.4. The van der Waals surface area contributed by atoms with Crippen molar-refractivity contribution < 1.29 is 38.6 Å². The predicted octanol–water partition coefficient (Wildman–Crippen LogP) is 1.63. The summed E-state index contributed by atoms with van der Waals surface area (Å²) in [5.41, 5.74) is -0.215. The number of alkyl carbamates (subject to hydrolysis) is 1. The van der Waals surface area contributed by atoms with Crippen molar-refractivity contribution in [3.8, 4) is 0 Å². The predicted molar refractivity (Wildman–Crippen MR) is 146 cm³/mol. The first-order chi connectivity index (χ1) is 18.8. The highest BCUT2D eigenvalue weighted by molar-refractivity contribution is 6.38. The Morgan fingerprint density at radius 2 is 1.77 bits per heavy atom. The second-order valence-electron chi connectivity index (χ2n) is 11.6. The number of hydrogen-bond acceptors (Lipinski definition) is 7. The number of likely N-dealkylation sites (tertiary alicyclic amines) is 1. The van der Waals surface area contributed by atoms with Crippen LogP contribution in [0.4, 0.5) is 4.79 Å². The number of carbonyl (C=O) groups excluding carboxylic acids is 5. The van der Waals surface area contributed by atoms with Crippen LogP contribution in [0.15, 0.2) is 12.7 Å². The summed E-state index contributed by atoms with van der Waals surface area (Å²) in [6, 6.07) is -3.06. The van der Waals surface area contributed by atoms with E-state index < -0.39 is 53.7 Å². The molecule has 4 amide bonds. The maximum Gasteiger partial charge on any atom is 0.407 e. The average molecular weight is 565 g/mol. The van der Waals surface area contributed by atoms with Crippen molar-refractivity contribution in [3.63, 3.8) is 0 Å². The van der Waals surface area contributed by atoms with Gasteiger partial charge in [0.05, 0.1) is 12.6 Å². The Labute approximate surface area is 235 Å². The van der Waals surface area contributed by atoms with E-state index in [2.05, 4.69) is 22.5 Å². The molecule has 1 aliphatic heterocycles. The van der Waals surface area contributed by atoms with Crippen molar-refractivity contribution in [2.45, 2.75) is 84.8 Å². The van der Waals surface area contributed by atoms with Gasteiger partial charge in [-0.3, -0.25) is 24.0 Å². The fraction of sp³-hybridized carbons (Fsp3) is 0.714.